The predicted molar refractivity (Wildman–Crippen MR) is 64.6 cm³/mol. The molecule has 1 aromatic carbocycles. The van der Waals surface area contributed by atoms with Gasteiger partial charge in [-0.2, -0.15) is 10.1 Å². The molecule has 1 aromatic heterocycles. The lowest BCUT2D eigenvalue weighted by molar-refractivity contribution is -0.122. The Hall–Kier alpha value is -2.08. The van der Waals surface area contributed by atoms with E-state index >= 15 is 0 Å². The van der Waals surface area contributed by atoms with Crippen LogP contribution >= 0.6 is 11.6 Å². The standard InChI is InChI=1S/C11H9ClN4O2/c12-7-1-2-8-6(3-7)4-9(18-8)10(17)15-11-13-5-14-16-11/h1-3,5,9H,4H2,(H2,13,14,15,16,17). The maximum Gasteiger partial charge on any atom is 0.268 e. The molecule has 0 bridgehead atoms. The third-order valence-corrected chi connectivity index (χ3v) is 2.88. The van der Waals surface area contributed by atoms with Crippen LogP contribution in [0.4, 0.5) is 5.95 Å². The van der Waals surface area contributed by atoms with Crippen molar-refractivity contribution in [3.63, 3.8) is 0 Å². The van der Waals surface area contributed by atoms with Gasteiger partial charge in [-0.05, 0) is 23.8 Å². The summed E-state index contributed by atoms with van der Waals surface area (Å²) in [7, 11) is 0. The number of ether oxygens (including phenoxy) is 1. The first-order valence-corrected chi connectivity index (χ1v) is 5.71. The molecule has 1 amide bonds. The second kappa shape index (κ2) is 4.30. The Balaban J connectivity index is 1.72. The van der Waals surface area contributed by atoms with Gasteiger partial charge in [0.2, 0.25) is 5.95 Å². The van der Waals surface area contributed by atoms with Gasteiger partial charge in [-0.1, -0.05) is 11.6 Å². The third kappa shape index (κ3) is 2.02. The molecule has 0 fully saturated rings. The largest absolute Gasteiger partial charge is 0.480 e. The highest BCUT2D eigenvalue weighted by atomic mass is 35.5. The molecule has 0 saturated heterocycles. The zero-order valence-corrected chi connectivity index (χ0v) is 9.94. The molecule has 92 valence electrons. The van der Waals surface area contributed by atoms with Crippen molar-refractivity contribution in [1.82, 2.24) is 15.2 Å². The number of nitrogens with zero attached hydrogens (tertiary/aromatic N) is 2. The molecule has 7 heteroatoms. The molecule has 2 aromatic rings. The predicted octanol–water partition coefficient (Wildman–Crippen LogP) is 1.40. The van der Waals surface area contributed by atoms with Gasteiger partial charge < -0.3 is 4.74 Å². The zero-order chi connectivity index (χ0) is 12.5. The van der Waals surface area contributed by atoms with Crippen LogP contribution in [0.25, 0.3) is 0 Å². The highest BCUT2D eigenvalue weighted by Crippen LogP contribution is 2.31. The number of hydrogen-bond acceptors (Lipinski definition) is 4. The Bertz CT molecular complexity index is 585. The number of amides is 1. The Kier molecular flexibility index (Phi) is 2.64. The van der Waals surface area contributed by atoms with Crippen LogP contribution in [-0.2, 0) is 11.2 Å². The fraction of sp³-hybridized carbons (Fsp3) is 0.182. The second-order valence-electron chi connectivity index (χ2n) is 3.89. The van der Waals surface area contributed by atoms with Gasteiger partial charge in [-0.25, -0.2) is 5.10 Å². The summed E-state index contributed by atoms with van der Waals surface area (Å²) in [5, 5.41) is 9.42. The SMILES string of the molecule is O=C(Nc1ncn[nH]1)C1Cc2cc(Cl)ccc2O1. The number of aromatic nitrogens is 3. The monoisotopic (exact) mass is 264 g/mol. The van der Waals surface area contributed by atoms with E-state index in [2.05, 4.69) is 20.5 Å². The molecule has 18 heavy (non-hydrogen) atoms. The van der Waals surface area contributed by atoms with E-state index in [-0.39, 0.29) is 5.91 Å². The van der Waals surface area contributed by atoms with Crippen molar-refractivity contribution in [2.75, 3.05) is 5.32 Å². The number of aromatic amines is 1. The Morgan fingerprint density at radius 2 is 2.44 bits per heavy atom. The first-order chi connectivity index (χ1) is 8.72. The summed E-state index contributed by atoms with van der Waals surface area (Å²) >= 11 is 5.89. The van der Waals surface area contributed by atoms with Crippen molar-refractivity contribution in [1.29, 1.82) is 0 Å². The van der Waals surface area contributed by atoms with Crippen LogP contribution in [0.5, 0.6) is 5.75 Å². The molecule has 2 N–H and O–H groups in total. The number of anilines is 1. The Morgan fingerprint density at radius 3 is 3.22 bits per heavy atom. The average Bonchev–Trinajstić information content (AvgIpc) is 2.96. The summed E-state index contributed by atoms with van der Waals surface area (Å²) in [6, 6.07) is 5.30. The highest BCUT2D eigenvalue weighted by Gasteiger charge is 2.29. The molecule has 0 spiro atoms. The van der Waals surface area contributed by atoms with E-state index in [1.54, 1.807) is 18.2 Å². The summed E-state index contributed by atoms with van der Waals surface area (Å²) in [5.41, 5.74) is 0.931. The minimum absolute atomic E-state index is 0.265. The van der Waals surface area contributed by atoms with E-state index < -0.39 is 6.10 Å². The number of benzene rings is 1. The van der Waals surface area contributed by atoms with Crippen molar-refractivity contribution in [3.05, 3.63) is 35.1 Å². The van der Waals surface area contributed by atoms with Crippen LogP contribution in [0.15, 0.2) is 24.5 Å². The number of carbonyl (C=O) groups excluding carboxylic acids is 1. The van der Waals surface area contributed by atoms with Crippen LogP contribution in [0.1, 0.15) is 5.56 Å². The van der Waals surface area contributed by atoms with Crippen molar-refractivity contribution in [3.8, 4) is 5.75 Å². The molecular weight excluding hydrogens is 256 g/mol. The maximum absolute atomic E-state index is 11.9. The Labute approximate surface area is 107 Å². The molecule has 1 aliphatic heterocycles. The third-order valence-electron chi connectivity index (χ3n) is 2.65. The van der Waals surface area contributed by atoms with Gasteiger partial charge in [-0.3, -0.25) is 10.1 Å². The summed E-state index contributed by atoms with van der Waals surface area (Å²) in [4.78, 5) is 15.7. The first-order valence-electron chi connectivity index (χ1n) is 5.34. The van der Waals surface area contributed by atoms with E-state index in [1.165, 1.54) is 6.33 Å². The number of fused-ring (bicyclic) bond motifs is 1. The number of hydrogen-bond donors (Lipinski definition) is 2. The summed E-state index contributed by atoms with van der Waals surface area (Å²) in [6.45, 7) is 0. The van der Waals surface area contributed by atoms with E-state index in [0.29, 0.717) is 23.1 Å². The molecule has 0 radical (unpaired) electrons. The Morgan fingerprint density at radius 1 is 1.56 bits per heavy atom. The van der Waals surface area contributed by atoms with Gasteiger partial charge in [0, 0.05) is 11.4 Å². The molecule has 6 nitrogen and oxygen atoms in total. The second-order valence-corrected chi connectivity index (χ2v) is 4.32. The minimum Gasteiger partial charge on any atom is -0.480 e. The normalized spacial score (nSPS) is 17.1. The van der Waals surface area contributed by atoms with Gasteiger partial charge in [0.25, 0.3) is 5.91 Å². The molecular formula is C11H9ClN4O2. The van der Waals surface area contributed by atoms with Crippen molar-refractivity contribution >= 4 is 23.5 Å². The van der Waals surface area contributed by atoms with Crippen LogP contribution < -0.4 is 10.1 Å². The van der Waals surface area contributed by atoms with Crippen LogP contribution in [0, 0.1) is 0 Å². The summed E-state index contributed by atoms with van der Waals surface area (Å²) in [6.07, 6.45) is 1.25. The smallest absolute Gasteiger partial charge is 0.268 e. The highest BCUT2D eigenvalue weighted by molar-refractivity contribution is 6.30. The fourth-order valence-electron chi connectivity index (χ4n) is 1.83. The number of carbonyl (C=O) groups is 1. The molecule has 0 aliphatic carbocycles. The van der Waals surface area contributed by atoms with Crippen molar-refractivity contribution in [2.45, 2.75) is 12.5 Å². The lowest BCUT2D eigenvalue weighted by atomic mass is 10.1. The van der Waals surface area contributed by atoms with E-state index in [1.807, 2.05) is 0 Å². The lowest BCUT2D eigenvalue weighted by Crippen LogP contribution is -2.31. The molecule has 1 aliphatic rings. The first kappa shape index (κ1) is 11.0. The van der Waals surface area contributed by atoms with Crippen LogP contribution in [0.2, 0.25) is 5.02 Å². The maximum atomic E-state index is 11.9. The fourth-order valence-corrected chi connectivity index (χ4v) is 2.02. The number of nitrogens with one attached hydrogen (secondary N) is 2. The number of halogens is 1. The molecule has 1 atom stereocenters. The molecule has 1 unspecified atom stereocenters. The number of H-pyrrole nitrogens is 1. The van der Waals surface area contributed by atoms with Crippen LogP contribution in [-0.4, -0.2) is 27.2 Å². The topological polar surface area (TPSA) is 79.9 Å². The van der Waals surface area contributed by atoms with Gasteiger partial charge in [0.15, 0.2) is 6.10 Å². The van der Waals surface area contributed by atoms with Crippen molar-refractivity contribution in [2.24, 2.45) is 0 Å². The van der Waals surface area contributed by atoms with Gasteiger partial charge in [0.05, 0.1) is 0 Å². The van der Waals surface area contributed by atoms with Gasteiger partial charge in [0.1, 0.15) is 12.1 Å². The number of rotatable bonds is 2. The van der Waals surface area contributed by atoms with E-state index in [4.69, 9.17) is 16.3 Å². The van der Waals surface area contributed by atoms with Gasteiger partial charge in [-0.15, -0.1) is 0 Å². The molecule has 0 saturated carbocycles. The summed E-state index contributed by atoms with van der Waals surface area (Å²) in [5.74, 6) is 0.730. The summed E-state index contributed by atoms with van der Waals surface area (Å²) < 4.78 is 5.54. The molecule has 3 rings (SSSR count). The van der Waals surface area contributed by atoms with Crippen molar-refractivity contribution < 1.29 is 9.53 Å². The molecule has 2 heterocycles. The zero-order valence-electron chi connectivity index (χ0n) is 9.18. The average molecular weight is 265 g/mol. The van der Waals surface area contributed by atoms with E-state index in [0.717, 1.165) is 5.56 Å². The minimum atomic E-state index is -0.566. The van der Waals surface area contributed by atoms with Crippen LogP contribution in [0.3, 0.4) is 0 Å². The van der Waals surface area contributed by atoms with Gasteiger partial charge >= 0.3 is 0 Å². The lowest BCUT2D eigenvalue weighted by Gasteiger charge is -2.08. The quantitative estimate of drug-likeness (QED) is 0.859. The van der Waals surface area contributed by atoms with E-state index in [9.17, 15) is 4.79 Å².